The standard InChI is InChI=1S/C13H25NO3/c1-10(2)14-7-4-5-12(14)13(16)9-17-8-6-11(3)15/h10,12-13,16H,4-9H2,1-3H3/t12-,13-/m0/s1. The van der Waals surface area contributed by atoms with Gasteiger partial charge in [-0.1, -0.05) is 0 Å². The molecule has 1 heterocycles. The molecule has 1 aliphatic rings. The highest BCUT2D eigenvalue weighted by molar-refractivity contribution is 5.75. The summed E-state index contributed by atoms with van der Waals surface area (Å²) in [6.07, 6.45) is 2.18. The first kappa shape index (κ1) is 14.6. The van der Waals surface area contributed by atoms with Gasteiger partial charge in [-0.3, -0.25) is 9.69 Å². The summed E-state index contributed by atoms with van der Waals surface area (Å²) in [6, 6.07) is 0.682. The zero-order valence-electron chi connectivity index (χ0n) is 11.2. The molecule has 1 saturated heterocycles. The van der Waals surface area contributed by atoms with E-state index in [1.807, 2.05) is 0 Å². The highest BCUT2D eigenvalue weighted by atomic mass is 16.5. The lowest BCUT2D eigenvalue weighted by Gasteiger charge is -2.31. The first-order valence-electron chi connectivity index (χ1n) is 6.53. The van der Waals surface area contributed by atoms with Crippen molar-refractivity contribution < 1.29 is 14.6 Å². The summed E-state index contributed by atoms with van der Waals surface area (Å²) in [6.45, 7) is 7.68. The largest absolute Gasteiger partial charge is 0.389 e. The molecule has 0 aromatic rings. The first-order chi connectivity index (χ1) is 8.02. The zero-order chi connectivity index (χ0) is 12.8. The SMILES string of the molecule is CC(=O)CCOC[C@H](O)[C@@H]1CCCN1C(C)C. The average Bonchev–Trinajstić information content (AvgIpc) is 2.72. The number of ketones is 1. The Balaban J connectivity index is 2.26. The average molecular weight is 243 g/mol. The molecule has 0 saturated carbocycles. The Bertz CT molecular complexity index is 243. The Kier molecular flexibility index (Phi) is 6.09. The van der Waals surface area contributed by atoms with E-state index in [4.69, 9.17) is 4.74 Å². The molecule has 100 valence electrons. The number of Topliss-reactive ketones (excluding diaryl/α,β-unsaturated/α-hetero) is 1. The van der Waals surface area contributed by atoms with Gasteiger partial charge >= 0.3 is 0 Å². The van der Waals surface area contributed by atoms with Crippen molar-refractivity contribution in [2.45, 2.75) is 58.2 Å². The molecule has 1 N–H and O–H groups in total. The molecule has 17 heavy (non-hydrogen) atoms. The molecule has 4 heteroatoms. The molecule has 1 rings (SSSR count). The maximum atomic E-state index is 10.7. The van der Waals surface area contributed by atoms with Crippen molar-refractivity contribution in [2.24, 2.45) is 0 Å². The van der Waals surface area contributed by atoms with Crippen LogP contribution in [0.2, 0.25) is 0 Å². The van der Waals surface area contributed by atoms with Crippen LogP contribution in [0.3, 0.4) is 0 Å². The number of ether oxygens (including phenoxy) is 1. The van der Waals surface area contributed by atoms with E-state index in [1.54, 1.807) is 6.92 Å². The lowest BCUT2D eigenvalue weighted by Crippen LogP contribution is -2.44. The number of hydrogen-bond donors (Lipinski definition) is 1. The van der Waals surface area contributed by atoms with E-state index in [9.17, 15) is 9.90 Å². The third-order valence-electron chi connectivity index (χ3n) is 3.34. The molecule has 0 radical (unpaired) electrons. The summed E-state index contributed by atoms with van der Waals surface area (Å²) in [7, 11) is 0. The van der Waals surface area contributed by atoms with Crippen LogP contribution in [0.4, 0.5) is 0 Å². The molecule has 0 aromatic heterocycles. The normalized spacial score (nSPS) is 23.2. The minimum atomic E-state index is -0.438. The molecule has 4 nitrogen and oxygen atoms in total. The van der Waals surface area contributed by atoms with Gasteiger partial charge in [-0.05, 0) is 40.2 Å². The van der Waals surface area contributed by atoms with Crippen LogP contribution in [0.25, 0.3) is 0 Å². The second-order valence-corrected chi connectivity index (χ2v) is 5.14. The number of likely N-dealkylation sites (tertiary alicyclic amines) is 1. The van der Waals surface area contributed by atoms with E-state index < -0.39 is 6.10 Å². The van der Waals surface area contributed by atoms with Gasteiger partial charge in [0.25, 0.3) is 0 Å². The van der Waals surface area contributed by atoms with E-state index in [0.717, 1.165) is 19.4 Å². The number of hydrogen-bond acceptors (Lipinski definition) is 4. The van der Waals surface area contributed by atoms with Crippen LogP contribution in [0.15, 0.2) is 0 Å². The van der Waals surface area contributed by atoms with Gasteiger partial charge in [0.1, 0.15) is 5.78 Å². The van der Waals surface area contributed by atoms with Gasteiger partial charge in [0.2, 0.25) is 0 Å². The maximum absolute atomic E-state index is 10.7. The van der Waals surface area contributed by atoms with E-state index in [-0.39, 0.29) is 11.8 Å². The minimum absolute atomic E-state index is 0.129. The van der Waals surface area contributed by atoms with Crippen molar-refractivity contribution in [2.75, 3.05) is 19.8 Å². The van der Waals surface area contributed by atoms with Crippen LogP contribution in [-0.4, -0.2) is 53.7 Å². The molecule has 0 aromatic carbocycles. The number of aliphatic hydroxyl groups is 1. The van der Waals surface area contributed by atoms with E-state index >= 15 is 0 Å². The third-order valence-corrected chi connectivity index (χ3v) is 3.34. The van der Waals surface area contributed by atoms with Gasteiger partial charge in [0, 0.05) is 18.5 Å². The fraction of sp³-hybridized carbons (Fsp3) is 0.923. The van der Waals surface area contributed by atoms with Crippen LogP contribution in [0.1, 0.15) is 40.0 Å². The smallest absolute Gasteiger partial charge is 0.132 e. The predicted octanol–water partition coefficient (Wildman–Crippen LogP) is 1.22. The Morgan fingerprint density at radius 1 is 1.53 bits per heavy atom. The van der Waals surface area contributed by atoms with Crippen LogP contribution in [-0.2, 0) is 9.53 Å². The summed E-state index contributed by atoms with van der Waals surface area (Å²) in [5.41, 5.74) is 0. The molecule has 1 fully saturated rings. The van der Waals surface area contributed by atoms with E-state index in [1.165, 1.54) is 0 Å². The summed E-state index contributed by atoms with van der Waals surface area (Å²) in [5, 5.41) is 10.1. The van der Waals surface area contributed by atoms with Crippen molar-refractivity contribution in [1.82, 2.24) is 4.90 Å². The minimum Gasteiger partial charge on any atom is -0.389 e. The fourth-order valence-corrected chi connectivity index (χ4v) is 2.40. The third kappa shape index (κ3) is 4.74. The van der Waals surface area contributed by atoms with Gasteiger partial charge in [-0.2, -0.15) is 0 Å². The number of aliphatic hydroxyl groups excluding tert-OH is 1. The first-order valence-corrected chi connectivity index (χ1v) is 6.53. The van der Waals surface area contributed by atoms with Gasteiger partial charge in [-0.25, -0.2) is 0 Å². The summed E-state index contributed by atoms with van der Waals surface area (Å²) in [4.78, 5) is 13.1. The molecule has 0 aliphatic carbocycles. The van der Waals surface area contributed by atoms with Crippen LogP contribution >= 0.6 is 0 Å². The monoisotopic (exact) mass is 243 g/mol. The van der Waals surface area contributed by atoms with Gasteiger partial charge < -0.3 is 9.84 Å². The van der Waals surface area contributed by atoms with Crippen LogP contribution in [0.5, 0.6) is 0 Å². The maximum Gasteiger partial charge on any atom is 0.132 e. The van der Waals surface area contributed by atoms with Gasteiger partial charge in [-0.15, -0.1) is 0 Å². The molecule has 0 unspecified atom stereocenters. The lowest BCUT2D eigenvalue weighted by atomic mass is 10.1. The molecule has 1 aliphatic heterocycles. The molecule has 0 amide bonds. The molecule has 0 bridgehead atoms. The number of carbonyl (C=O) groups is 1. The van der Waals surface area contributed by atoms with Gasteiger partial charge in [0.15, 0.2) is 0 Å². The fourth-order valence-electron chi connectivity index (χ4n) is 2.40. The zero-order valence-corrected chi connectivity index (χ0v) is 11.2. The Labute approximate surface area is 104 Å². The van der Waals surface area contributed by atoms with Crippen molar-refractivity contribution >= 4 is 5.78 Å². The predicted molar refractivity (Wildman–Crippen MR) is 67.0 cm³/mol. The van der Waals surface area contributed by atoms with Gasteiger partial charge in [0.05, 0.1) is 19.3 Å². The second-order valence-electron chi connectivity index (χ2n) is 5.14. The molecular weight excluding hydrogens is 218 g/mol. The molecular formula is C13H25NO3. The number of rotatable bonds is 7. The Morgan fingerprint density at radius 3 is 2.82 bits per heavy atom. The lowest BCUT2D eigenvalue weighted by molar-refractivity contribution is -0.118. The van der Waals surface area contributed by atoms with Crippen molar-refractivity contribution in [3.05, 3.63) is 0 Å². The molecule has 2 atom stereocenters. The van der Waals surface area contributed by atoms with Crippen molar-refractivity contribution in [3.63, 3.8) is 0 Å². The summed E-state index contributed by atoms with van der Waals surface area (Å²) in [5.74, 6) is 0.129. The highest BCUT2D eigenvalue weighted by Gasteiger charge is 2.31. The van der Waals surface area contributed by atoms with Crippen molar-refractivity contribution in [3.8, 4) is 0 Å². The Morgan fingerprint density at radius 2 is 2.24 bits per heavy atom. The second kappa shape index (κ2) is 7.09. The molecule has 0 spiro atoms. The summed E-state index contributed by atoms with van der Waals surface area (Å²) < 4.78 is 5.35. The quantitative estimate of drug-likeness (QED) is 0.683. The van der Waals surface area contributed by atoms with Crippen molar-refractivity contribution in [1.29, 1.82) is 0 Å². The highest BCUT2D eigenvalue weighted by Crippen LogP contribution is 2.22. The Hall–Kier alpha value is -0.450. The number of carbonyl (C=O) groups excluding carboxylic acids is 1. The topological polar surface area (TPSA) is 49.8 Å². The van der Waals surface area contributed by atoms with Crippen LogP contribution in [0, 0.1) is 0 Å². The van der Waals surface area contributed by atoms with E-state index in [2.05, 4.69) is 18.7 Å². The van der Waals surface area contributed by atoms with E-state index in [0.29, 0.717) is 25.7 Å². The number of nitrogens with zero attached hydrogens (tertiary/aromatic N) is 1. The summed E-state index contributed by atoms with van der Waals surface area (Å²) >= 11 is 0. The van der Waals surface area contributed by atoms with Crippen LogP contribution < -0.4 is 0 Å².